The van der Waals surface area contributed by atoms with Crippen LogP contribution in [-0.4, -0.2) is 14.9 Å². The Bertz CT molecular complexity index is 571. The first-order chi connectivity index (χ1) is 6.84. The summed E-state index contributed by atoms with van der Waals surface area (Å²) in [6.45, 7) is 0. The molecule has 14 heavy (non-hydrogen) atoms. The second-order valence-electron chi connectivity index (χ2n) is 3.25. The Morgan fingerprint density at radius 3 is 2.93 bits per heavy atom. The van der Waals surface area contributed by atoms with Crippen LogP contribution in [0.5, 0.6) is 0 Å². The van der Waals surface area contributed by atoms with E-state index in [9.17, 15) is 5.21 Å². The van der Waals surface area contributed by atoms with Crippen LogP contribution >= 0.6 is 0 Å². The van der Waals surface area contributed by atoms with E-state index in [0.717, 1.165) is 26.9 Å². The monoisotopic (exact) mass is 184 g/mol. The Balaban J connectivity index is 2.50. The zero-order valence-electron chi connectivity index (χ0n) is 7.38. The molecule has 0 radical (unpaired) electrons. The fourth-order valence-corrected chi connectivity index (χ4v) is 1.72. The molecular weight excluding hydrogens is 176 g/mol. The van der Waals surface area contributed by atoms with Gasteiger partial charge in [0.15, 0.2) is 0 Å². The Morgan fingerprint density at radius 2 is 2.00 bits per heavy atom. The largest absolute Gasteiger partial charge is 0.429 e. The van der Waals surface area contributed by atoms with Gasteiger partial charge in [-0.3, -0.25) is 0 Å². The highest BCUT2D eigenvalue weighted by atomic mass is 16.5. The number of nitrogens with zero attached hydrogens (tertiary/aromatic N) is 2. The van der Waals surface area contributed by atoms with E-state index < -0.39 is 0 Å². The normalized spacial score (nSPS) is 11.1. The van der Waals surface area contributed by atoms with Crippen molar-refractivity contribution in [3.05, 3.63) is 42.7 Å². The van der Waals surface area contributed by atoms with E-state index in [0.29, 0.717) is 0 Å². The Morgan fingerprint density at radius 1 is 1.14 bits per heavy atom. The summed E-state index contributed by atoms with van der Waals surface area (Å²) in [4.78, 5) is 4.40. The first-order valence-electron chi connectivity index (χ1n) is 4.40. The Kier molecular flexibility index (Phi) is 1.31. The van der Waals surface area contributed by atoms with Gasteiger partial charge in [0.1, 0.15) is 0 Å². The van der Waals surface area contributed by atoms with Crippen LogP contribution in [0.2, 0.25) is 0 Å². The van der Waals surface area contributed by atoms with Crippen LogP contribution in [0.15, 0.2) is 42.7 Å². The van der Waals surface area contributed by atoms with Gasteiger partial charge in [-0.05, 0) is 12.1 Å². The summed E-state index contributed by atoms with van der Waals surface area (Å²) >= 11 is 0. The van der Waals surface area contributed by atoms with E-state index in [1.54, 1.807) is 12.4 Å². The third-order valence-electron chi connectivity index (χ3n) is 2.36. The third-order valence-corrected chi connectivity index (χ3v) is 2.36. The number of rotatable bonds is 0. The molecule has 0 aromatic heterocycles. The van der Waals surface area contributed by atoms with E-state index in [-0.39, 0.29) is 0 Å². The fraction of sp³-hybridized carbons (Fsp3) is 0. The Hall–Kier alpha value is -2.03. The highest BCUT2D eigenvalue weighted by Crippen LogP contribution is 2.29. The van der Waals surface area contributed by atoms with Gasteiger partial charge in [0.25, 0.3) is 0 Å². The molecule has 1 N–H and O–H groups in total. The Labute approximate surface area is 80.5 Å². The predicted molar refractivity (Wildman–Crippen MR) is 53.5 cm³/mol. The van der Waals surface area contributed by atoms with E-state index in [1.165, 1.54) is 0 Å². The summed E-state index contributed by atoms with van der Waals surface area (Å²) in [6, 6.07) is 9.82. The summed E-state index contributed by atoms with van der Waals surface area (Å²) in [5, 5.41) is 10.4. The number of para-hydroxylation sites is 1. The molecule has 0 aliphatic carbocycles. The smallest absolute Gasteiger partial charge is 0.0913 e. The SMILES string of the molecule is On1ccc2c3ccccc3nc-2c1. The lowest BCUT2D eigenvalue weighted by atomic mass is 10.1. The minimum Gasteiger partial charge on any atom is -0.429 e. The standard InChI is InChI=1S/C11H8N2O/c14-13-6-5-9-8-3-1-2-4-10(8)12-11(9)7-13/h1-7,14H. The van der Waals surface area contributed by atoms with Crippen LogP contribution in [0.3, 0.4) is 0 Å². The molecule has 0 amide bonds. The van der Waals surface area contributed by atoms with E-state index in [2.05, 4.69) is 4.98 Å². The van der Waals surface area contributed by atoms with Gasteiger partial charge >= 0.3 is 0 Å². The average Bonchev–Trinajstić information content (AvgIpc) is 2.54. The van der Waals surface area contributed by atoms with Crippen LogP contribution in [0.1, 0.15) is 0 Å². The lowest BCUT2D eigenvalue weighted by molar-refractivity contribution is 0.184. The highest BCUT2D eigenvalue weighted by Gasteiger charge is 2.10. The van der Waals surface area contributed by atoms with Crippen molar-refractivity contribution in [2.45, 2.75) is 0 Å². The maximum Gasteiger partial charge on any atom is 0.0913 e. The molecule has 0 bridgehead atoms. The number of hydrogen-bond acceptors (Lipinski definition) is 2. The van der Waals surface area contributed by atoms with Gasteiger partial charge in [-0.15, -0.1) is 0 Å². The van der Waals surface area contributed by atoms with Gasteiger partial charge < -0.3 is 5.21 Å². The number of fused-ring (bicyclic) bond motifs is 3. The van der Waals surface area contributed by atoms with Gasteiger partial charge in [-0.25, -0.2) is 4.98 Å². The third kappa shape index (κ3) is 0.893. The summed E-state index contributed by atoms with van der Waals surface area (Å²) in [5.74, 6) is 0. The van der Waals surface area contributed by atoms with Crippen molar-refractivity contribution in [3.8, 4) is 11.3 Å². The topological polar surface area (TPSA) is 38.0 Å². The average molecular weight is 184 g/mol. The summed E-state index contributed by atoms with van der Waals surface area (Å²) < 4.78 is 1.02. The molecule has 0 saturated carbocycles. The van der Waals surface area contributed by atoms with Crippen molar-refractivity contribution in [1.29, 1.82) is 0 Å². The molecule has 68 valence electrons. The van der Waals surface area contributed by atoms with Crippen LogP contribution in [0.25, 0.3) is 22.2 Å². The summed E-state index contributed by atoms with van der Waals surface area (Å²) in [5.41, 5.74) is 2.86. The summed E-state index contributed by atoms with van der Waals surface area (Å²) in [7, 11) is 0. The number of hydrogen-bond donors (Lipinski definition) is 1. The number of aromatic nitrogens is 2. The second kappa shape index (κ2) is 2.48. The molecule has 0 saturated heterocycles. The minimum atomic E-state index is 0.816. The van der Waals surface area contributed by atoms with E-state index >= 15 is 0 Å². The van der Waals surface area contributed by atoms with Gasteiger partial charge in [0.05, 0.1) is 17.4 Å². The fourth-order valence-electron chi connectivity index (χ4n) is 1.72. The van der Waals surface area contributed by atoms with Crippen molar-refractivity contribution in [2.24, 2.45) is 0 Å². The maximum absolute atomic E-state index is 9.23. The van der Waals surface area contributed by atoms with Crippen molar-refractivity contribution in [1.82, 2.24) is 9.71 Å². The van der Waals surface area contributed by atoms with Crippen LogP contribution in [0.4, 0.5) is 0 Å². The number of pyridine rings is 1. The van der Waals surface area contributed by atoms with Gasteiger partial charge in [-0.2, -0.15) is 4.73 Å². The van der Waals surface area contributed by atoms with Crippen molar-refractivity contribution in [2.75, 3.05) is 0 Å². The molecule has 2 aliphatic heterocycles. The van der Waals surface area contributed by atoms with E-state index in [4.69, 9.17) is 0 Å². The molecule has 0 spiro atoms. The van der Waals surface area contributed by atoms with Crippen LogP contribution in [0, 0.1) is 0 Å². The van der Waals surface area contributed by atoms with Crippen LogP contribution < -0.4 is 0 Å². The molecule has 1 aromatic carbocycles. The minimum absolute atomic E-state index is 0.816. The molecule has 0 fully saturated rings. The molecule has 3 heteroatoms. The maximum atomic E-state index is 9.23. The second-order valence-corrected chi connectivity index (χ2v) is 3.25. The quantitative estimate of drug-likeness (QED) is 0.545. The predicted octanol–water partition coefficient (Wildman–Crippen LogP) is 2.38. The molecule has 1 aromatic rings. The molecule has 2 aliphatic rings. The molecule has 3 rings (SSSR count). The molecule has 0 atom stereocenters. The van der Waals surface area contributed by atoms with Crippen molar-refractivity contribution in [3.63, 3.8) is 0 Å². The first-order valence-corrected chi connectivity index (χ1v) is 4.40. The van der Waals surface area contributed by atoms with Crippen molar-refractivity contribution >= 4 is 10.9 Å². The highest BCUT2D eigenvalue weighted by molar-refractivity contribution is 5.96. The lowest BCUT2D eigenvalue weighted by Gasteiger charge is -1.99. The van der Waals surface area contributed by atoms with Crippen molar-refractivity contribution < 1.29 is 5.21 Å². The molecule has 0 unspecified atom stereocenters. The molecular formula is C11H8N2O. The van der Waals surface area contributed by atoms with Crippen LogP contribution in [-0.2, 0) is 0 Å². The van der Waals surface area contributed by atoms with Gasteiger partial charge in [-0.1, -0.05) is 18.2 Å². The molecule has 2 heterocycles. The van der Waals surface area contributed by atoms with Gasteiger partial charge in [0.2, 0.25) is 0 Å². The zero-order chi connectivity index (χ0) is 9.54. The zero-order valence-corrected chi connectivity index (χ0v) is 7.38. The summed E-state index contributed by atoms with van der Waals surface area (Å²) in [6.07, 6.45) is 3.21. The lowest BCUT2D eigenvalue weighted by Crippen LogP contribution is -1.91. The van der Waals surface area contributed by atoms with E-state index in [1.807, 2.05) is 30.3 Å². The first kappa shape index (κ1) is 7.38. The number of benzene rings is 1. The molecule has 3 nitrogen and oxygen atoms in total. The van der Waals surface area contributed by atoms with Gasteiger partial charge in [0, 0.05) is 17.1 Å².